The van der Waals surface area contributed by atoms with Crippen LogP contribution in [0.15, 0.2) is 0 Å². The Morgan fingerprint density at radius 2 is 1.54 bits per heavy atom. The minimum atomic E-state index is -0.651. The van der Waals surface area contributed by atoms with Crippen molar-refractivity contribution in [3.05, 3.63) is 0 Å². The Bertz CT molecular complexity index is 395. The van der Waals surface area contributed by atoms with Crippen molar-refractivity contribution in [2.75, 3.05) is 13.2 Å². The molecule has 140 valence electrons. The van der Waals surface area contributed by atoms with E-state index in [0.29, 0.717) is 13.2 Å². The summed E-state index contributed by atoms with van der Waals surface area (Å²) in [5.41, 5.74) is 0. The predicted molar refractivity (Wildman–Crippen MR) is 90.4 cm³/mol. The molecule has 0 heterocycles. The molecule has 0 unspecified atom stereocenters. The van der Waals surface area contributed by atoms with Crippen LogP contribution in [-0.2, 0) is 28.6 Å². The third kappa shape index (κ3) is 8.43. The summed E-state index contributed by atoms with van der Waals surface area (Å²) in [5, 5.41) is 0. The minimum Gasteiger partial charge on any atom is -0.462 e. The van der Waals surface area contributed by atoms with Gasteiger partial charge in [-0.15, -0.1) is 0 Å². The van der Waals surface area contributed by atoms with Crippen molar-refractivity contribution < 1.29 is 28.6 Å². The van der Waals surface area contributed by atoms with Gasteiger partial charge in [-0.2, -0.15) is 0 Å². The van der Waals surface area contributed by atoms with E-state index >= 15 is 0 Å². The average molecular weight is 344 g/mol. The van der Waals surface area contributed by atoms with Gasteiger partial charge in [0, 0.05) is 38.2 Å². The second kappa shape index (κ2) is 12.0. The Hall–Kier alpha value is -1.43. The number of hydrogen-bond donors (Lipinski definition) is 0. The molecule has 0 aliphatic rings. The molecule has 0 bridgehead atoms. The smallest absolute Gasteiger partial charge is 0.302 e. The molecular weight excluding hydrogens is 312 g/mol. The van der Waals surface area contributed by atoms with Gasteiger partial charge in [0.15, 0.2) is 0 Å². The first-order valence-corrected chi connectivity index (χ1v) is 8.62. The van der Waals surface area contributed by atoms with E-state index in [-0.39, 0.29) is 11.8 Å². The highest BCUT2D eigenvalue weighted by molar-refractivity contribution is 5.67. The highest BCUT2D eigenvalue weighted by Gasteiger charge is 2.37. The second-order valence-corrected chi connectivity index (χ2v) is 6.41. The van der Waals surface area contributed by atoms with Gasteiger partial charge in [0.1, 0.15) is 18.5 Å². The molecule has 0 amide bonds. The molecule has 0 rings (SSSR count). The van der Waals surface area contributed by atoms with Gasteiger partial charge in [0.25, 0.3) is 0 Å². The van der Waals surface area contributed by atoms with Gasteiger partial charge in [-0.05, 0) is 6.42 Å². The molecular formula is C18H32O6. The normalized spacial score (nSPS) is 17.2. The molecule has 24 heavy (non-hydrogen) atoms. The van der Waals surface area contributed by atoms with Gasteiger partial charge in [-0.1, -0.05) is 34.1 Å². The van der Waals surface area contributed by atoms with Crippen molar-refractivity contribution in [2.45, 2.75) is 66.6 Å². The maximum Gasteiger partial charge on any atom is 0.302 e. The lowest BCUT2D eigenvalue weighted by Crippen LogP contribution is -2.43. The zero-order valence-corrected chi connectivity index (χ0v) is 15.7. The van der Waals surface area contributed by atoms with Crippen LogP contribution in [0.4, 0.5) is 0 Å². The summed E-state index contributed by atoms with van der Waals surface area (Å²) in [7, 11) is 0. The van der Waals surface area contributed by atoms with Crippen LogP contribution in [0.5, 0.6) is 0 Å². The monoisotopic (exact) mass is 344 g/mol. The van der Waals surface area contributed by atoms with E-state index in [1.54, 1.807) is 6.92 Å². The van der Waals surface area contributed by atoms with E-state index in [4.69, 9.17) is 14.2 Å². The third-order valence-corrected chi connectivity index (χ3v) is 3.96. The standard InChI is InChI=1S/C18H32O6/c1-7-8-9-22-11-13(3)18(24-16(6)21)14(4)17(12(2)10-19)23-15(5)20/h10,12-14,17-18H,7-9,11H2,1-6H3/t12-,13-,14-,17-,18+/m1/s1. The SMILES string of the molecule is CCCCOC[C@@H](C)[C@H](OC(C)=O)[C@H](C)[C@H](OC(C)=O)[C@H](C)C=O. The summed E-state index contributed by atoms with van der Waals surface area (Å²) in [6.45, 7) is 11.2. The van der Waals surface area contributed by atoms with Crippen LogP contribution < -0.4 is 0 Å². The van der Waals surface area contributed by atoms with Crippen molar-refractivity contribution in [2.24, 2.45) is 17.8 Å². The molecule has 0 aromatic heterocycles. The van der Waals surface area contributed by atoms with Gasteiger partial charge in [-0.3, -0.25) is 9.59 Å². The largest absolute Gasteiger partial charge is 0.462 e. The average Bonchev–Trinajstić information content (AvgIpc) is 2.52. The van der Waals surface area contributed by atoms with Gasteiger partial charge >= 0.3 is 11.9 Å². The lowest BCUT2D eigenvalue weighted by Gasteiger charge is -2.34. The van der Waals surface area contributed by atoms with Gasteiger partial charge in [0.2, 0.25) is 0 Å². The molecule has 0 spiro atoms. The van der Waals surface area contributed by atoms with E-state index in [9.17, 15) is 14.4 Å². The van der Waals surface area contributed by atoms with Crippen molar-refractivity contribution in [3.63, 3.8) is 0 Å². The first kappa shape index (κ1) is 22.6. The predicted octanol–water partition coefficient (Wildman–Crippen LogP) is 2.77. The topological polar surface area (TPSA) is 78.9 Å². The number of ether oxygens (including phenoxy) is 3. The first-order chi connectivity index (χ1) is 11.2. The molecule has 0 aliphatic carbocycles. The highest BCUT2D eigenvalue weighted by Crippen LogP contribution is 2.26. The summed E-state index contributed by atoms with van der Waals surface area (Å²) >= 11 is 0. The number of carbonyl (C=O) groups excluding carboxylic acids is 3. The van der Waals surface area contributed by atoms with Crippen LogP contribution in [0.1, 0.15) is 54.4 Å². The van der Waals surface area contributed by atoms with Crippen LogP contribution >= 0.6 is 0 Å². The number of unbranched alkanes of at least 4 members (excludes halogenated alkanes) is 1. The maximum absolute atomic E-state index is 11.5. The molecule has 0 saturated carbocycles. The summed E-state index contributed by atoms with van der Waals surface area (Å²) in [4.78, 5) is 34.0. The zero-order valence-electron chi connectivity index (χ0n) is 15.7. The lowest BCUT2D eigenvalue weighted by molar-refractivity contribution is -0.166. The fourth-order valence-electron chi connectivity index (χ4n) is 2.69. The molecule has 0 aromatic carbocycles. The van der Waals surface area contributed by atoms with E-state index in [1.807, 2.05) is 13.8 Å². The third-order valence-electron chi connectivity index (χ3n) is 3.96. The van der Waals surface area contributed by atoms with Gasteiger partial charge in [-0.25, -0.2) is 0 Å². The minimum absolute atomic E-state index is 0.0855. The zero-order chi connectivity index (χ0) is 18.7. The van der Waals surface area contributed by atoms with Crippen LogP contribution in [-0.4, -0.2) is 43.6 Å². The molecule has 0 fully saturated rings. The summed E-state index contributed by atoms with van der Waals surface area (Å²) in [6.07, 6.45) is 1.61. The summed E-state index contributed by atoms with van der Waals surface area (Å²) in [6, 6.07) is 0. The van der Waals surface area contributed by atoms with Crippen LogP contribution in [0.3, 0.4) is 0 Å². The van der Waals surface area contributed by atoms with Crippen LogP contribution in [0.25, 0.3) is 0 Å². The Morgan fingerprint density at radius 1 is 1.00 bits per heavy atom. The quantitative estimate of drug-likeness (QED) is 0.308. The van der Waals surface area contributed by atoms with Crippen molar-refractivity contribution in [3.8, 4) is 0 Å². The summed E-state index contributed by atoms with van der Waals surface area (Å²) in [5.74, 6) is -1.78. The molecule has 0 radical (unpaired) electrons. The Balaban J connectivity index is 5.10. The van der Waals surface area contributed by atoms with E-state index in [0.717, 1.165) is 19.1 Å². The molecule has 0 aromatic rings. The van der Waals surface area contributed by atoms with E-state index in [2.05, 4.69) is 6.92 Å². The lowest BCUT2D eigenvalue weighted by atomic mass is 9.84. The fourth-order valence-corrected chi connectivity index (χ4v) is 2.69. The number of carbonyl (C=O) groups is 3. The summed E-state index contributed by atoms with van der Waals surface area (Å²) < 4.78 is 16.4. The number of rotatable bonds is 12. The Kier molecular flexibility index (Phi) is 11.3. The Labute approximate surface area is 145 Å². The van der Waals surface area contributed by atoms with Crippen molar-refractivity contribution >= 4 is 18.2 Å². The van der Waals surface area contributed by atoms with Gasteiger partial charge < -0.3 is 19.0 Å². The number of hydrogen-bond acceptors (Lipinski definition) is 6. The molecule has 0 N–H and O–H groups in total. The number of esters is 2. The van der Waals surface area contributed by atoms with Crippen molar-refractivity contribution in [1.29, 1.82) is 0 Å². The Morgan fingerprint density at radius 3 is 2.00 bits per heavy atom. The van der Waals surface area contributed by atoms with E-state index < -0.39 is 30.1 Å². The molecule has 6 nitrogen and oxygen atoms in total. The van der Waals surface area contributed by atoms with Gasteiger partial charge in [0.05, 0.1) is 6.61 Å². The molecule has 6 heteroatoms. The highest BCUT2D eigenvalue weighted by atomic mass is 16.6. The van der Waals surface area contributed by atoms with Crippen LogP contribution in [0.2, 0.25) is 0 Å². The molecule has 5 atom stereocenters. The fraction of sp³-hybridized carbons (Fsp3) is 0.833. The van der Waals surface area contributed by atoms with E-state index in [1.165, 1.54) is 13.8 Å². The van der Waals surface area contributed by atoms with Crippen LogP contribution in [0, 0.1) is 17.8 Å². The molecule has 0 saturated heterocycles. The first-order valence-electron chi connectivity index (χ1n) is 8.62. The maximum atomic E-state index is 11.5. The van der Waals surface area contributed by atoms with Crippen molar-refractivity contribution in [1.82, 2.24) is 0 Å². The molecule has 0 aliphatic heterocycles. The second-order valence-electron chi connectivity index (χ2n) is 6.41. The number of aldehydes is 1.